The number of rotatable bonds is 4. The van der Waals surface area contributed by atoms with Gasteiger partial charge in [-0.2, -0.15) is 0 Å². The molecule has 5 heteroatoms. The molecular weight excluding hydrogens is 222 g/mol. The highest BCUT2D eigenvalue weighted by Crippen LogP contribution is 2.11. The van der Waals surface area contributed by atoms with Crippen molar-refractivity contribution in [3.8, 4) is 0 Å². The van der Waals surface area contributed by atoms with Gasteiger partial charge in [-0.1, -0.05) is 0 Å². The Morgan fingerprint density at radius 2 is 2.00 bits per heavy atom. The molecule has 0 fully saturated rings. The number of carboxylic acids is 1. The monoisotopic (exact) mass is 239 g/mol. The smallest absolute Gasteiger partial charge is 0.303 e. The average Bonchev–Trinajstić information content (AvgIpc) is 2.60. The highest BCUT2D eigenvalue weighted by molar-refractivity contribution is 5.91. The van der Waals surface area contributed by atoms with Crippen LogP contribution in [0.25, 0.3) is 0 Å². The maximum Gasteiger partial charge on any atom is 0.303 e. The predicted molar refractivity (Wildman–Crippen MR) is 61.9 cm³/mol. The first-order chi connectivity index (χ1) is 7.78. The van der Waals surface area contributed by atoms with Crippen molar-refractivity contribution in [1.29, 1.82) is 0 Å². The van der Waals surface area contributed by atoms with Crippen LogP contribution in [-0.4, -0.2) is 22.5 Å². The number of amides is 1. The predicted octanol–water partition coefficient (Wildman–Crippen LogP) is 1.83. The molecule has 0 aliphatic carbocycles. The molecule has 0 radical (unpaired) electrons. The van der Waals surface area contributed by atoms with E-state index < -0.39 is 5.97 Å². The van der Waals surface area contributed by atoms with Gasteiger partial charge in [0, 0.05) is 12.0 Å². The summed E-state index contributed by atoms with van der Waals surface area (Å²) in [4.78, 5) is 22.1. The van der Waals surface area contributed by atoms with Crippen molar-refractivity contribution in [1.82, 2.24) is 5.32 Å². The molecule has 0 aliphatic rings. The molecule has 0 spiro atoms. The SMILES string of the molecule is CC(C)(C)NC(=O)c1ccc(CCC(=O)O)o1. The van der Waals surface area contributed by atoms with Crippen LogP contribution in [0.1, 0.15) is 43.5 Å². The summed E-state index contributed by atoms with van der Waals surface area (Å²) in [6.07, 6.45) is 0.284. The minimum atomic E-state index is -0.887. The fraction of sp³-hybridized carbons (Fsp3) is 0.500. The van der Waals surface area contributed by atoms with Gasteiger partial charge in [-0.3, -0.25) is 9.59 Å². The van der Waals surface area contributed by atoms with E-state index in [1.165, 1.54) is 0 Å². The molecule has 0 aliphatic heterocycles. The third kappa shape index (κ3) is 4.72. The number of nitrogens with one attached hydrogen (secondary N) is 1. The lowest BCUT2D eigenvalue weighted by Gasteiger charge is -2.19. The summed E-state index contributed by atoms with van der Waals surface area (Å²) in [5.74, 6) is -0.465. The summed E-state index contributed by atoms with van der Waals surface area (Å²) in [6, 6.07) is 3.18. The van der Waals surface area contributed by atoms with Gasteiger partial charge in [0.15, 0.2) is 5.76 Å². The van der Waals surface area contributed by atoms with E-state index in [2.05, 4.69) is 5.32 Å². The molecule has 0 bridgehead atoms. The van der Waals surface area contributed by atoms with Crippen molar-refractivity contribution in [2.24, 2.45) is 0 Å². The second-order valence-corrected chi connectivity index (χ2v) is 4.86. The molecule has 94 valence electrons. The Balaban J connectivity index is 2.61. The zero-order valence-corrected chi connectivity index (χ0v) is 10.2. The molecule has 5 nitrogen and oxygen atoms in total. The van der Waals surface area contributed by atoms with Gasteiger partial charge in [0.05, 0.1) is 6.42 Å². The van der Waals surface area contributed by atoms with Crippen LogP contribution in [0.4, 0.5) is 0 Å². The van der Waals surface area contributed by atoms with E-state index in [4.69, 9.17) is 9.52 Å². The molecule has 0 aromatic carbocycles. The summed E-state index contributed by atoms with van der Waals surface area (Å²) < 4.78 is 5.27. The maximum atomic E-state index is 11.7. The lowest BCUT2D eigenvalue weighted by molar-refractivity contribution is -0.137. The van der Waals surface area contributed by atoms with Crippen LogP contribution in [-0.2, 0) is 11.2 Å². The summed E-state index contributed by atoms with van der Waals surface area (Å²) in [6.45, 7) is 5.62. The normalized spacial score (nSPS) is 11.2. The maximum absolute atomic E-state index is 11.7. The second kappa shape index (κ2) is 5.03. The van der Waals surface area contributed by atoms with E-state index in [0.717, 1.165) is 0 Å². The largest absolute Gasteiger partial charge is 0.481 e. The Morgan fingerprint density at radius 1 is 1.35 bits per heavy atom. The molecule has 0 saturated heterocycles. The first-order valence-electron chi connectivity index (χ1n) is 5.41. The molecule has 2 N–H and O–H groups in total. The van der Waals surface area contributed by atoms with Crippen LogP contribution in [0.2, 0.25) is 0 Å². The van der Waals surface area contributed by atoms with E-state index in [0.29, 0.717) is 5.76 Å². The summed E-state index contributed by atoms with van der Waals surface area (Å²) in [5, 5.41) is 11.3. The van der Waals surface area contributed by atoms with E-state index in [1.54, 1.807) is 12.1 Å². The minimum Gasteiger partial charge on any atom is -0.481 e. The van der Waals surface area contributed by atoms with Gasteiger partial charge in [0.25, 0.3) is 5.91 Å². The second-order valence-electron chi connectivity index (χ2n) is 4.86. The number of hydrogen-bond donors (Lipinski definition) is 2. The standard InChI is InChI=1S/C12H17NO4/c1-12(2,3)13-11(16)9-6-4-8(17-9)5-7-10(14)15/h4,6H,5,7H2,1-3H3,(H,13,16)(H,14,15). The average molecular weight is 239 g/mol. The van der Waals surface area contributed by atoms with Gasteiger partial charge in [-0.05, 0) is 32.9 Å². The highest BCUT2D eigenvalue weighted by Gasteiger charge is 2.18. The number of furan rings is 1. The van der Waals surface area contributed by atoms with Gasteiger partial charge in [0.1, 0.15) is 5.76 Å². The van der Waals surface area contributed by atoms with Crippen LogP contribution in [0.15, 0.2) is 16.5 Å². The molecule has 0 atom stereocenters. The van der Waals surface area contributed by atoms with Crippen LogP contribution in [0.3, 0.4) is 0 Å². The zero-order valence-electron chi connectivity index (χ0n) is 10.2. The molecule has 1 aromatic rings. The lowest BCUT2D eigenvalue weighted by atomic mass is 10.1. The van der Waals surface area contributed by atoms with E-state index in [9.17, 15) is 9.59 Å². The number of carbonyl (C=O) groups is 2. The van der Waals surface area contributed by atoms with Gasteiger partial charge in [-0.15, -0.1) is 0 Å². The first-order valence-corrected chi connectivity index (χ1v) is 5.41. The molecule has 1 amide bonds. The van der Waals surface area contributed by atoms with Crippen molar-refractivity contribution < 1.29 is 19.1 Å². The number of aliphatic carboxylic acids is 1. The fourth-order valence-electron chi connectivity index (χ4n) is 1.27. The summed E-state index contributed by atoms with van der Waals surface area (Å²) in [7, 11) is 0. The number of carboxylic acid groups (broad SMARTS) is 1. The Kier molecular flexibility index (Phi) is 3.93. The van der Waals surface area contributed by atoms with Gasteiger partial charge < -0.3 is 14.8 Å². The highest BCUT2D eigenvalue weighted by atomic mass is 16.4. The van der Waals surface area contributed by atoms with E-state index in [1.807, 2.05) is 20.8 Å². The first kappa shape index (κ1) is 13.3. The van der Waals surface area contributed by atoms with Crippen molar-refractivity contribution in [2.75, 3.05) is 0 Å². The molecule has 1 rings (SSSR count). The number of hydrogen-bond acceptors (Lipinski definition) is 3. The van der Waals surface area contributed by atoms with Crippen molar-refractivity contribution in [3.63, 3.8) is 0 Å². The fourth-order valence-corrected chi connectivity index (χ4v) is 1.27. The molecule has 17 heavy (non-hydrogen) atoms. The minimum absolute atomic E-state index is 0.00611. The summed E-state index contributed by atoms with van der Waals surface area (Å²) in [5.41, 5.74) is -0.328. The Bertz CT molecular complexity index is 414. The van der Waals surface area contributed by atoms with Crippen LogP contribution in [0, 0.1) is 0 Å². The van der Waals surface area contributed by atoms with Crippen LogP contribution in [0.5, 0.6) is 0 Å². The summed E-state index contributed by atoms with van der Waals surface area (Å²) >= 11 is 0. The zero-order chi connectivity index (χ0) is 13.1. The quantitative estimate of drug-likeness (QED) is 0.840. The van der Waals surface area contributed by atoms with Crippen molar-refractivity contribution >= 4 is 11.9 Å². The number of carbonyl (C=O) groups excluding carboxylic acids is 1. The Hall–Kier alpha value is -1.78. The topological polar surface area (TPSA) is 79.5 Å². The Morgan fingerprint density at radius 3 is 2.53 bits per heavy atom. The van der Waals surface area contributed by atoms with E-state index in [-0.39, 0.29) is 30.0 Å². The van der Waals surface area contributed by atoms with Gasteiger partial charge >= 0.3 is 5.97 Å². The van der Waals surface area contributed by atoms with Gasteiger partial charge in [0.2, 0.25) is 0 Å². The number of aryl methyl sites for hydroxylation is 1. The molecule has 0 unspecified atom stereocenters. The van der Waals surface area contributed by atoms with Crippen LogP contribution < -0.4 is 5.32 Å². The molecule has 1 aromatic heterocycles. The van der Waals surface area contributed by atoms with Crippen LogP contribution >= 0.6 is 0 Å². The Labute approximate surface area is 99.8 Å². The van der Waals surface area contributed by atoms with Gasteiger partial charge in [-0.25, -0.2) is 0 Å². The van der Waals surface area contributed by atoms with E-state index >= 15 is 0 Å². The third-order valence-corrected chi connectivity index (χ3v) is 1.96. The lowest BCUT2D eigenvalue weighted by Crippen LogP contribution is -2.40. The molecular formula is C12H17NO4. The third-order valence-electron chi connectivity index (χ3n) is 1.96. The van der Waals surface area contributed by atoms with Crippen molar-refractivity contribution in [2.45, 2.75) is 39.2 Å². The van der Waals surface area contributed by atoms with Crippen molar-refractivity contribution in [3.05, 3.63) is 23.7 Å². The molecule has 1 heterocycles. The molecule has 0 saturated carbocycles.